The van der Waals surface area contributed by atoms with Crippen LogP contribution in [0.5, 0.6) is 17.2 Å². The number of carbonyl (C=O) groups excluding carboxylic acids is 2. The number of benzene rings is 4. The van der Waals surface area contributed by atoms with Crippen LogP contribution in [0, 0.1) is 0 Å². The fourth-order valence-corrected chi connectivity index (χ4v) is 5.37. The van der Waals surface area contributed by atoms with Crippen molar-refractivity contribution in [3.05, 3.63) is 107 Å². The molecule has 42 heavy (non-hydrogen) atoms. The summed E-state index contributed by atoms with van der Waals surface area (Å²) in [7, 11) is 4.82. The molecule has 212 valence electrons. The minimum Gasteiger partial charge on any atom is -0.497 e. The van der Waals surface area contributed by atoms with E-state index in [-0.39, 0.29) is 11.8 Å². The summed E-state index contributed by atoms with van der Waals surface area (Å²) in [5.74, 6) is 1.75. The van der Waals surface area contributed by atoms with E-state index in [1.54, 1.807) is 45.6 Å². The first kappa shape index (κ1) is 27.0. The lowest BCUT2D eigenvalue weighted by Gasteiger charge is -2.29. The van der Waals surface area contributed by atoms with Crippen LogP contribution in [0.4, 0.5) is 5.69 Å². The van der Waals surface area contributed by atoms with Gasteiger partial charge in [-0.15, -0.1) is 0 Å². The van der Waals surface area contributed by atoms with Gasteiger partial charge in [0.05, 0.1) is 21.3 Å². The van der Waals surface area contributed by atoms with Gasteiger partial charge in [0.2, 0.25) is 0 Å². The molecule has 0 unspecified atom stereocenters. The first-order valence-corrected chi connectivity index (χ1v) is 13.7. The highest BCUT2D eigenvalue weighted by Gasteiger charge is 2.25. The number of aromatic nitrogens is 1. The number of aromatic amines is 1. The Balaban J connectivity index is 1.16. The van der Waals surface area contributed by atoms with Crippen molar-refractivity contribution in [2.45, 2.75) is 13.0 Å². The van der Waals surface area contributed by atoms with Gasteiger partial charge in [0.1, 0.15) is 11.4 Å². The van der Waals surface area contributed by atoms with E-state index in [0.29, 0.717) is 47.3 Å². The maximum absolute atomic E-state index is 13.5. The summed E-state index contributed by atoms with van der Waals surface area (Å²) in [5.41, 5.74) is 6.92. The van der Waals surface area contributed by atoms with Crippen molar-refractivity contribution in [3.63, 3.8) is 0 Å². The van der Waals surface area contributed by atoms with Gasteiger partial charge >= 0.3 is 0 Å². The van der Waals surface area contributed by atoms with Crippen molar-refractivity contribution < 1.29 is 23.8 Å². The predicted octanol–water partition coefficient (Wildman–Crippen LogP) is 6.31. The van der Waals surface area contributed by atoms with Crippen LogP contribution in [0.1, 0.15) is 32.0 Å². The van der Waals surface area contributed by atoms with E-state index in [4.69, 9.17) is 14.2 Å². The third kappa shape index (κ3) is 5.26. The minimum absolute atomic E-state index is 0.0377. The summed E-state index contributed by atoms with van der Waals surface area (Å²) in [4.78, 5) is 31.3. The van der Waals surface area contributed by atoms with Crippen molar-refractivity contribution in [3.8, 4) is 28.4 Å². The van der Waals surface area contributed by atoms with Gasteiger partial charge < -0.3 is 29.4 Å². The maximum Gasteiger partial charge on any atom is 0.270 e. The van der Waals surface area contributed by atoms with E-state index in [9.17, 15) is 9.59 Å². The van der Waals surface area contributed by atoms with Crippen LogP contribution < -0.4 is 19.5 Å². The van der Waals surface area contributed by atoms with E-state index in [2.05, 4.69) is 16.4 Å². The van der Waals surface area contributed by atoms with Gasteiger partial charge in [0.25, 0.3) is 11.8 Å². The molecule has 0 bridgehead atoms. The normalized spacial score (nSPS) is 12.5. The Morgan fingerprint density at radius 2 is 1.52 bits per heavy atom. The Labute approximate surface area is 243 Å². The second-order valence-corrected chi connectivity index (χ2v) is 10.2. The van der Waals surface area contributed by atoms with Crippen LogP contribution in [0.15, 0.2) is 84.9 Å². The highest BCUT2D eigenvalue weighted by atomic mass is 16.5. The molecule has 0 spiro atoms. The molecule has 0 saturated carbocycles. The fourth-order valence-electron chi connectivity index (χ4n) is 5.37. The van der Waals surface area contributed by atoms with Gasteiger partial charge in [-0.05, 0) is 89.3 Å². The number of nitrogens with one attached hydrogen (secondary N) is 2. The lowest BCUT2D eigenvalue weighted by atomic mass is 9.98. The average Bonchev–Trinajstić information content (AvgIpc) is 3.47. The molecule has 1 aliphatic rings. The van der Waals surface area contributed by atoms with Gasteiger partial charge in [-0.2, -0.15) is 0 Å². The molecule has 1 aliphatic heterocycles. The zero-order valence-corrected chi connectivity index (χ0v) is 23.7. The smallest absolute Gasteiger partial charge is 0.270 e. The fraction of sp³-hybridized carbons (Fsp3) is 0.176. The molecule has 0 radical (unpaired) electrons. The van der Waals surface area contributed by atoms with Crippen LogP contribution >= 0.6 is 0 Å². The van der Waals surface area contributed by atoms with Crippen molar-refractivity contribution in [2.24, 2.45) is 0 Å². The zero-order valence-electron chi connectivity index (χ0n) is 23.7. The largest absolute Gasteiger partial charge is 0.497 e. The monoisotopic (exact) mass is 561 g/mol. The van der Waals surface area contributed by atoms with E-state index >= 15 is 0 Å². The van der Waals surface area contributed by atoms with Gasteiger partial charge in [0.15, 0.2) is 11.5 Å². The molecule has 8 nitrogen and oxygen atoms in total. The summed E-state index contributed by atoms with van der Waals surface area (Å²) in [6.45, 7) is 1.14. The Hall–Kier alpha value is -5.24. The number of hydrogen-bond acceptors (Lipinski definition) is 5. The highest BCUT2D eigenvalue weighted by molar-refractivity contribution is 6.04. The van der Waals surface area contributed by atoms with Crippen molar-refractivity contribution >= 4 is 28.4 Å². The quantitative estimate of drug-likeness (QED) is 0.243. The first-order chi connectivity index (χ1) is 20.4. The van der Waals surface area contributed by atoms with Crippen LogP contribution in [-0.2, 0) is 13.0 Å². The lowest BCUT2D eigenvalue weighted by Crippen LogP contribution is -2.36. The van der Waals surface area contributed by atoms with E-state index < -0.39 is 0 Å². The van der Waals surface area contributed by atoms with Gasteiger partial charge in [0, 0.05) is 35.2 Å². The number of H-pyrrole nitrogens is 1. The lowest BCUT2D eigenvalue weighted by molar-refractivity contribution is 0.0729. The molecule has 0 aliphatic carbocycles. The van der Waals surface area contributed by atoms with Crippen molar-refractivity contribution in [1.29, 1.82) is 0 Å². The van der Waals surface area contributed by atoms with Crippen LogP contribution in [0.25, 0.3) is 22.0 Å². The Morgan fingerprint density at radius 1 is 0.786 bits per heavy atom. The van der Waals surface area contributed by atoms with Gasteiger partial charge in [-0.1, -0.05) is 24.3 Å². The number of fused-ring (bicyclic) bond motifs is 2. The molecule has 8 heteroatoms. The summed E-state index contributed by atoms with van der Waals surface area (Å²) < 4.78 is 16.1. The summed E-state index contributed by atoms with van der Waals surface area (Å²) in [6.07, 6.45) is 0.752. The molecule has 5 aromatic rings. The molecular formula is C34H31N3O5. The Bertz CT molecular complexity index is 1790. The Kier molecular flexibility index (Phi) is 7.27. The average molecular weight is 562 g/mol. The number of ether oxygens (including phenoxy) is 3. The number of nitrogens with zero attached hydrogens (tertiary/aromatic N) is 1. The van der Waals surface area contributed by atoms with E-state index in [0.717, 1.165) is 34.0 Å². The number of anilines is 1. The molecular weight excluding hydrogens is 530 g/mol. The summed E-state index contributed by atoms with van der Waals surface area (Å²) in [5, 5.41) is 3.88. The number of rotatable bonds is 7. The van der Waals surface area contributed by atoms with E-state index in [1.165, 1.54) is 5.56 Å². The molecule has 0 atom stereocenters. The SMILES string of the molecule is COc1cccc(C(=O)Nc2ccc(-c3ccc4[nH]c(C(=O)N5CCc6cc(OC)c(OC)cc6C5)cc4c3)cc2)c1. The molecule has 1 aromatic heterocycles. The first-order valence-electron chi connectivity index (χ1n) is 13.7. The number of hydrogen-bond donors (Lipinski definition) is 2. The van der Waals surface area contributed by atoms with E-state index in [1.807, 2.05) is 59.5 Å². The van der Waals surface area contributed by atoms with Crippen LogP contribution in [-0.4, -0.2) is 49.6 Å². The minimum atomic E-state index is -0.205. The van der Waals surface area contributed by atoms with Crippen molar-refractivity contribution in [2.75, 3.05) is 33.2 Å². The predicted molar refractivity (Wildman–Crippen MR) is 163 cm³/mol. The topological polar surface area (TPSA) is 92.9 Å². The number of methoxy groups -OCH3 is 3. The third-order valence-electron chi connectivity index (χ3n) is 7.66. The third-order valence-corrected chi connectivity index (χ3v) is 7.66. The van der Waals surface area contributed by atoms with Crippen LogP contribution in [0.2, 0.25) is 0 Å². The standard InChI is InChI=1S/C34H31N3O5/c1-40-28-6-4-5-24(16-28)33(38)35-27-10-7-21(8-11-27)22-9-12-29-25(15-22)17-30(36-29)34(39)37-14-13-23-18-31(41-2)32(42-3)19-26(23)20-37/h4-12,15-19,36H,13-14,20H2,1-3H3,(H,35,38). The molecule has 0 fully saturated rings. The second-order valence-electron chi connectivity index (χ2n) is 10.2. The van der Waals surface area contributed by atoms with Crippen LogP contribution in [0.3, 0.4) is 0 Å². The second kappa shape index (κ2) is 11.3. The maximum atomic E-state index is 13.5. The Morgan fingerprint density at radius 3 is 2.26 bits per heavy atom. The summed E-state index contributed by atoms with van der Waals surface area (Å²) in [6, 6.07) is 26.7. The number of amides is 2. The number of carbonyl (C=O) groups is 2. The molecule has 2 amide bonds. The van der Waals surface area contributed by atoms with Gasteiger partial charge in [-0.25, -0.2) is 0 Å². The van der Waals surface area contributed by atoms with Gasteiger partial charge in [-0.3, -0.25) is 9.59 Å². The molecule has 2 heterocycles. The highest BCUT2D eigenvalue weighted by Crippen LogP contribution is 2.34. The van der Waals surface area contributed by atoms with Crippen molar-refractivity contribution in [1.82, 2.24) is 9.88 Å². The molecule has 2 N–H and O–H groups in total. The molecule has 6 rings (SSSR count). The zero-order chi connectivity index (χ0) is 29.2. The molecule has 4 aromatic carbocycles. The molecule has 0 saturated heterocycles. The summed E-state index contributed by atoms with van der Waals surface area (Å²) >= 11 is 0.